The normalized spacial score (nSPS) is 10.4. The molecular formula is C19H18N2O3S2. The van der Waals surface area contributed by atoms with Crippen molar-refractivity contribution in [1.29, 1.82) is 0 Å². The van der Waals surface area contributed by atoms with Crippen LogP contribution in [0.3, 0.4) is 0 Å². The Bertz CT molecular complexity index is 882. The van der Waals surface area contributed by atoms with Crippen LogP contribution < -0.4 is 14.8 Å². The van der Waals surface area contributed by atoms with E-state index in [1.807, 2.05) is 48.7 Å². The number of thiazole rings is 1. The van der Waals surface area contributed by atoms with E-state index in [0.29, 0.717) is 11.5 Å². The number of rotatable bonds is 7. The van der Waals surface area contributed by atoms with Gasteiger partial charge in [-0.1, -0.05) is 59.5 Å². The molecule has 0 aliphatic heterocycles. The Hall–Kier alpha value is -2.51. The Morgan fingerprint density at radius 2 is 1.92 bits per heavy atom. The molecule has 0 atom stereocenters. The van der Waals surface area contributed by atoms with E-state index in [2.05, 4.69) is 10.3 Å². The number of anilines is 1. The summed E-state index contributed by atoms with van der Waals surface area (Å²) < 4.78 is 11.6. The molecule has 3 aromatic rings. The molecule has 134 valence electrons. The number of nitrogens with one attached hydrogen (secondary N) is 1. The molecule has 1 heterocycles. The van der Waals surface area contributed by atoms with Crippen molar-refractivity contribution in [2.45, 2.75) is 4.34 Å². The largest absolute Gasteiger partial charge is 0.497 e. The number of aromatic nitrogens is 1. The van der Waals surface area contributed by atoms with Crippen molar-refractivity contribution >= 4 is 34.0 Å². The third-order valence-corrected chi connectivity index (χ3v) is 5.45. The van der Waals surface area contributed by atoms with Gasteiger partial charge in [-0.25, -0.2) is 4.98 Å². The average Bonchev–Trinajstić information content (AvgIpc) is 3.10. The number of amides is 1. The van der Waals surface area contributed by atoms with Crippen LogP contribution in [-0.4, -0.2) is 30.9 Å². The lowest BCUT2D eigenvalue weighted by Gasteiger charge is -2.08. The van der Waals surface area contributed by atoms with Crippen LogP contribution in [0, 0.1) is 0 Å². The lowest BCUT2D eigenvalue weighted by Crippen LogP contribution is -2.20. The van der Waals surface area contributed by atoms with Crippen molar-refractivity contribution in [2.24, 2.45) is 0 Å². The second-order valence-electron chi connectivity index (χ2n) is 5.24. The molecule has 0 spiro atoms. The van der Waals surface area contributed by atoms with Gasteiger partial charge in [0, 0.05) is 11.6 Å². The van der Waals surface area contributed by atoms with Gasteiger partial charge in [-0.3, -0.25) is 4.79 Å². The SMILES string of the molecule is COc1cccc(OCC(=O)Nc2sc(SC)nc2-c2ccccc2)c1. The molecule has 0 saturated heterocycles. The molecule has 1 N–H and O–H groups in total. The molecule has 7 heteroatoms. The van der Waals surface area contributed by atoms with Gasteiger partial charge in [-0.15, -0.1) is 0 Å². The zero-order valence-corrected chi connectivity index (χ0v) is 16.0. The van der Waals surface area contributed by atoms with E-state index in [0.717, 1.165) is 20.6 Å². The topological polar surface area (TPSA) is 60.5 Å². The zero-order chi connectivity index (χ0) is 18.4. The van der Waals surface area contributed by atoms with Crippen LogP contribution >= 0.6 is 23.1 Å². The van der Waals surface area contributed by atoms with Crippen molar-refractivity contribution < 1.29 is 14.3 Å². The highest BCUT2D eigenvalue weighted by Gasteiger charge is 2.15. The highest BCUT2D eigenvalue weighted by atomic mass is 32.2. The highest BCUT2D eigenvalue weighted by Crippen LogP contribution is 2.36. The molecule has 0 saturated carbocycles. The molecule has 1 amide bonds. The number of benzene rings is 2. The fourth-order valence-corrected chi connectivity index (χ4v) is 3.77. The van der Waals surface area contributed by atoms with E-state index in [1.54, 1.807) is 31.0 Å². The number of carbonyl (C=O) groups is 1. The maximum atomic E-state index is 12.3. The Kier molecular flexibility index (Phi) is 6.14. The Balaban J connectivity index is 1.70. The first-order chi connectivity index (χ1) is 12.7. The summed E-state index contributed by atoms with van der Waals surface area (Å²) in [5.41, 5.74) is 1.74. The zero-order valence-electron chi connectivity index (χ0n) is 14.4. The molecule has 0 unspecified atom stereocenters. The van der Waals surface area contributed by atoms with E-state index in [1.165, 1.54) is 11.3 Å². The minimum Gasteiger partial charge on any atom is -0.497 e. The molecule has 5 nitrogen and oxygen atoms in total. The summed E-state index contributed by atoms with van der Waals surface area (Å²) >= 11 is 3.01. The first kappa shape index (κ1) is 18.3. The van der Waals surface area contributed by atoms with Crippen LogP contribution in [-0.2, 0) is 4.79 Å². The van der Waals surface area contributed by atoms with Gasteiger partial charge in [0.15, 0.2) is 10.9 Å². The Morgan fingerprint density at radius 3 is 2.65 bits per heavy atom. The van der Waals surface area contributed by atoms with Crippen LogP contribution in [0.5, 0.6) is 11.5 Å². The van der Waals surface area contributed by atoms with Crippen molar-refractivity contribution in [2.75, 3.05) is 25.3 Å². The number of carbonyl (C=O) groups excluding carboxylic acids is 1. The molecule has 26 heavy (non-hydrogen) atoms. The number of thioether (sulfide) groups is 1. The van der Waals surface area contributed by atoms with Crippen LogP contribution in [0.15, 0.2) is 58.9 Å². The molecular weight excluding hydrogens is 368 g/mol. The van der Waals surface area contributed by atoms with E-state index in [9.17, 15) is 4.79 Å². The predicted octanol–water partition coefficient (Wildman–Crippen LogP) is 4.56. The van der Waals surface area contributed by atoms with E-state index in [-0.39, 0.29) is 12.5 Å². The van der Waals surface area contributed by atoms with Crippen LogP contribution in [0.1, 0.15) is 0 Å². The van der Waals surface area contributed by atoms with E-state index < -0.39 is 0 Å². The lowest BCUT2D eigenvalue weighted by molar-refractivity contribution is -0.118. The molecule has 1 aromatic heterocycles. The molecule has 3 rings (SSSR count). The second-order valence-corrected chi connectivity index (χ2v) is 7.30. The van der Waals surface area contributed by atoms with E-state index >= 15 is 0 Å². The summed E-state index contributed by atoms with van der Waals surface area (Å²) in [4.78, 5) is 16.9. The summed E-state index contributed by atoms with van der Waals surface area (Å²) in [6, 6.07) is 16.9. The van der Waals surface area contributed by atoms with Gasteiger partial charge in [0.1, 0.15) is 22.2 Å². The van der Waals surface area contributed by atoms with Crippen LogP contribution in [0.4, 0.5) is 5.00 Å². The van der Waals surface area contributed by atoms with Gasteiger partial charge in [-0.05, 0) is 18.4 Å². The smallest absolute Gasteiger partial charge is 0.262 e. The Labute approximate surface area is 160 Å². The van der Waals surface area contributed by atoms with Crippen LogP contribution in [0.25, 0.3) is 11.3 Å². The summed E-state index contributed by atoms with van der Waals surface area (Å²) in [6.07, 6.45) is 1.96. The third kappa shape index (κ3) is 4.56. The minimum atomic E-state index is -0.235. The highest BCUT2D eigenvalue weighted by molar-refractivity contribution is 8.00. The molecule has 2 aromatic carbocycles. The summed E-state index contributed by atoms with van der Waals surface area (Å²) in [5, 5.41) is 3.63. The standard InChI is InChI=1S/C19H18N2O3S2/c1-23-14-9-6-10-15(11-14)24-12-16(22)20-18-17(21-19(25-2)26-18)13-7-4-3-5-8-13/h3-11H,12H2,1-2H3,(H,20,22). The third-order valence-electron chi connectivity index (χ3n) is 3.49. The minimum absolute atomic E-state index is 0.0894. The molecule has 0 bridgehead atoms. The molecule has 0 aliphatic carbocycles. The van der Waals surface area contributed by atoms with Gasteiger partial charge in [-0.2, -0.15) is 0 Å². The van der Waals surface area contributed by atoms with E-state index in [4.69, 9.17) is 9.47 Å². The molecule has 0 radical (unpaired) electrons. The van der Waals surface area contributed by atoms with Gasteiger partial charge in [0.05, 0.1) is 7.11 Å². The number of nitrogens with zero attached hydrogens (tertiary/aromatic N) is 1. The van der Waals surface area contributed by atoms with Gasteiger partial charge in [0.25, 0.3) is 5.91 Å². The monoisotopic (exact) mass is 386 g/mol. The number of ether oxygens (including phenoxy) is 2. The molecule has 0 fully saturated rings. The summed E-state index contributed by atoms with van der Waals surface area (Å²) in [6.45, 7) is -0.0894. The lowest BCUT2D eigenvalue weighted by atomic mass is 10.2. The number of hydrogen-bond acceptors (Lipinski definition) is 6. The number of methoxy groups -OCH3 is 1. The second kappa shape index (κ2) is 8.73. The number of hydrogen-bond donors (Lipinski definition) is 1. The van der Waals surface area contributed by atoms with Crippen molar-refractivity contribution in [3.05, 3.63) is 54.6 Å². The summed E-state index contributed by atoms with van der Waals surface area (Å²) in [5.74, 6) is 1.03. The first-order valence-electron chi connectivity index (χ1n) is 7.86. The van der Waals surface area contributed by atoms with Crippen LogP contribution in [0.2, 0.25) is 0 Å². The average molecular weight is 386 g/mol. The maximum Gasteiger partial charge on any atom is 0.262 e. The quantitative estimate of drug-likeness (QED) is 0.603. The van der Waals surface area contributed by atoms with Crippen molar-refractivity contribution in [1.82, 2.24) is 4.98 Å². The fourth-order valence-electron chi connectivity index (χ4n) is 2.27. The predicted molar refractivity (Wildman–Crippen MR) is 106 cm³/mol. The Morgan fingerprint density at radius 1 is 1.15 bits per heavy atom. The molecule has 0 aliphatic rings. The maximum absolute atomic E-state index is 12.3. The fraction of sp³-hybridized carbons (Fsp3) is 0.158. The van der Waals surface area contributed by atoms with Crippen molar-refractivity contribution in [3.8, 4) is 22.8 Å². The first-order valence-corrected chi connectivity index (χ1v) is 9.90. The van der Waals surface area contributed by atoms with Gasteiger partial charge >= 0.3 is 0 Å². The summed E-state index contributed by atoms with van der Waals surface area (Å²) in [7, 11) is 1.59. The van der Waals surface area contributed by atoms with Gasteiger partial charge < -0.3 is 14.8 Å². The van der Waals surface area contributed by atoms with Gasteiger partial charge in [0.2, 0.25) is 0 Å². The van der Waals surface area contributed by atoms with Crippen molar-refractivity contribution in [3.63, 3.8) is 0 Å².